The van der Waals surface area contributed by atoms with Crippen molar-refractivity contribution in [2.45, 2.75) is 0 Å². The third kappa shape index (κ3) is 129. The Bertz CT molecular complexity index is 47.0. The van der Waals surface area contributed by atoms with Gasteiger partial charge in [0.05, 0.1) is 0 Å². The molecular formula is FeN2O6. The molecule has 0 spiro atoms. The predicted molar refractivity (Wildman–Crippen MR) is 13.8 cm³/mol. The molecule has 0 rings (SSSR count). The maximum Gasteiger partial charge on any atom is 2.00 e. The third-order valence-electron chi connectivity index (χ3n) is 0.0609. The fraction of sp³-hybridized carbons (Fsp3) is 0. The van der Waals surface area contributed by atoms with Gasteiger partial charge in [0.1, 0.15) is 10.7 Å². The van der Waals surface area contributed by atoms with Gasteiger partial charge >= 0.3 is 17.1 Å². The Morgan fingerprint density at radius 2 is 1.11 bits per heavy atom. The minimum Gasteiger partial charge on any atom is -0.635 e. The SMILES string of the molecule is O=NO[O-].O=NO[O-].[Fe+2]. The first kappa shape index (κ1) is 15.7. The molecule has 0 aromatic rings. The maximum atomic E-state index is 8.39. The molecule has 0 unspecified atom stereocenters. The van der Waals surface area contributed by atoms with Crippen LogP contribution in [0.2, 0.25) is 0 Å². The average Bonchev–Trinajstić information content (AvgIpc) is 1.88. The van der Waals surface area contributed by atoms with Crippen LogP contribution in [0, 0.1) is 9.81 Å². The van der Waals surface area contributed by atoms with Gasteiger partial charge in [-0.15, -0.1) is 9.81 Å². The molecular weight excluding hydrogens is 180 g/mol. The van der Waals surface area contributed by atoms with Gasteiger partial charge in [0.15, 0.2) is 0 Å². The van der Waals surface area contributed by atoms with Crippen LogP contribution < -0.4 is 10.5 Å². The van der Waals surface area contributed by atoms with Gasteiger partial charge in [-0.25, -0.2) is 0 Å². The second-order valence-electron chi connectivity index (χ2n) is 0.298. The van der Waals surface area contributed by atoms with Crippen LogP contribution in [0.4, 0.5) is 0 Å². The quantitative estimate of drug-likeness (QED) is 0.207. The first-order chi connectivity index (χ1) is 3.83. The van der Waals surface area contributed by atoms with E-state index in [0.717, 1.165) is 0 Å². The smallest absolute Gasteiger partial charge is 0.635 e. The molecule has 0 aliphatic heterocycles. The van der Waals surface area contributed by atoms with Gasteiger partial charge in [-0.2, -0.15) is 0 Å². The van der Waals surface area contributed by atoms with Crippen LogP contribution >= 0.6 is 0 Å². The summed E-state index contributed by atoms with van der Waals surface area (Å²) in [4.78, 5) is 21.5. The predicted octanol–water partition coefficient (Wildman–Crippen LogP) is -2.08. The van der Waals surface area contributed by atoms with Crippen molar-refractivity contribution in [3.63, 3.8) is 0 Å². The first-order valence-corrected chi connectivity index (χ1v) is 1.06. The maximum absolute atomic E-state index is 8.39. The van der Waals surface area contributed by atoms with Crippen LogP contribution in [-0.2, 0) is 27.0 Å². The summed E-state index contributed by atoms with van der Waals surface area (Å²) in [5.41, 5.74) is 0. The van der Waals surface area contributed by atoms with Crippen molar-refractivity contribution in [2.24, 2.45) is 10.7 Å². The largest absolute Gasteiger partial charge is 2.00 e. The van der Waals surface area contributed by atoms with Crippen LogP contribution in [0.5, 0.6) is 0 Å². The van der Waals surface area contributed by atoms with Gasteiger partial charge in [0, 0.05) is 0 Å². The number of nitrogens with zero attached hydrogens (tertiary/aromatic N) is 2. The topological polar surface area (TPSA) is 123 Å². The van der Waals surface area contributed by atoms with E-state index in [1.807, 2.05) is 0 Å². The van der Waals surface area contributed by atoms with Crippen molar-refractivity contribution in [2.75, 3.05) is 0 Å². The van der Waals surface area contributed by atoms with Crippen LogP contribution in [0.3, 0.4) is 0 Å². The minimum atomic E-state index is 0. The summed E-state index contributed by atoms with van der Waals surface area (Å²) >= 11 is 0. The summed E-state index contributed by atoms with van der Waals surface area (Å²) in [6.45, 7) is 0. The molecule has 9 heavy (non-hydrogen) atoms. The molecule has 0 saturated heterocycles. The van der Waals surface area contributed by atoms with Crippen molar-refractivity contribution in [1.29, 1.82) is 0 Å². The summed E-state index contributed by atoms with van der Waals surface area (Å²) in [7, 11) is 0. The standard InChI is InChI=1S/Fe.2HNO3/c;2*2-1-4-3/h;2*3H/q+2;;/p-2. The summed E-state index contributed by atoms with van der Waals surface area (Å²) in [6, 6.07) is 0. The summed E-state index contributed by atoms with van der Waals surface area (Å²) < 4.78 is 0. The van der Waals surface area contributed by atoms with E-state index in [9.17, 15) is 0 Å². The molecule has 0 saturated carbocycles. The van der Waals surface area contributed by atoms with Crippen LogP contribution in [0.25, 0.3) is 0 Å². The van der Waals surface area contributed by atoms with E-state index in [0.29, 0.717) is 0 Å². The summed E-state index contributed by atoms with van der Waals surface area (Å²) in [6.07, 6.45) is 0. The molecule has 8 nitrogen and oxygen atoms in total. The summed E-state index contributed by atoms with van der Waals surface area (Å²) in [5.74, 6) is 0. The fourth-order valence-corrected chi connectivity index (χ4v) is 0. The Kier molecular flexibility index (Phi) is 46.9. The van der Waals surface area contributed by atoms with Crippen LogP contribution in [-0.4, -0.2) is 0 Å². The molecule has 0 heterocycles. The second kappa shape index (κ2) is 26.9. The molecule has 0 aromatic carbocycles. The Labute approximate surface area is 58.9 Å². The minimum absolute atomic E-state index is 0. The van der Waals surface area contributed by atoms with E-state index < -0.39 is 0 Å². The number of hydrogen-bond acceptors (Lipinski definition) is 8. The molecule has 9 heteroatoms. The van der Waals surface area contributed by atoms with Gasteiger partial charge in [-0.1, -0.05) is 0 Å². The molecule has 0 atom stereocenters. The Morgan fingerprint density at radius 1 is 1.00 bits per heavy atom. The van der Waals surface area contributed by atoms with Crippen molar-refractivity contribution < 1.29 is 37.6 Å². The molecule has 0 amide bonds. The Morgan fingerprint density at radius 3 is 1.11 bits per heavy atom. The zero-order chi connectivity index (χ0) is 6.83. The van der Waals surface area contributed by atoms with Crippen molar-refractivity contribution in [3.05, 3.63) is 9.81 Å². The van der Waals surface area contributed by atoms with E-state index in [1.54, 1.807) is 0 Å². The van der Waals surface area contributed by atoms with Crippen molar-refractivity contribution in [1.82, 2.24) is 0 Å². The molecule has 0 aliphatic carbocycles. The van der Waals surface area contributed by atoms with E-state index in [-0.39, 0.29) is 17.1 Å². The normalized spacial score (nSPS) is 4.67. The molecule has 0 aromatic heterocycles. The molecule has 0 N–H and O–H groups in total. The summed E-state index contributed by atoms with van der Waals surface area (Å²) in [5, 5.41) is 19.5. The van der Waals surface area contributed by atoms with Crippen LogP contribution in [0.1, 0.15) is 0 Å². The molecule has 0 bridgehead atoms. The second-order valence-corrected chi connectivity index (χ2v) is 0.298. The first-order valence-electron chi connectivity index (χ1n) is 1.06. The van der Waals surface area contributed by atoms with Crippen molar-refractivity contribution >= 4 is 0 Å². The van der Waals surface area contributed by atoms with Gasteiger partial charge in [-0.05, 0) is 0 Å². The fourth-order valence-electron chi connectivity index (χ4n) is 0. The van der Waals surface area contributed by atoms with Gasteiger partial charge in [-0.3, -0.25) is 0 Å². The molecule has 0 fully saturated rings. The van der Waals surface area contributed by atoms with E-state index >= 15 is 0 Å². The Balaban J connectivity index is -0.0000000720. The van der Waals surface area contributed by atoms with Gasteiger partial charge in [0.25, 0.3) is 0 Å². The number of rotatable bonds is 2. The monoisotopic (exact) mass is 180 g/mol. The van der Waals surface area contributed by atoms with Gasteiger partial charge in [0.2, 0.25) is 0 Å². The van der Waals surface area contributed by atoms with E-state index in [2.05, 4.69) is 9.98 Å². The number of hydrogen-bond donors (Lipinski definition) is 0. The average molecular weight is 180 g/mol. The third-order valence-corrected chi connectivity index (χ3v) is 0.0609. The van der Waals surface area contributed by atoms with E-state index in [1.165, 1.54) is 10.7 Å². The van der Waals surface area contributed by atoms with Gasteiger partial charge < -0.3 is 20.5 Å². The zero-order valence-corrected chi connectivity index (χ0v) is 4.80. The van der Waals surface area contributed by atoms with Crippen molar-refractivity contribution in [3.8, 4) is 0 Å². The molecule has 0 aliphatic rings. The zero-order valence-electron chi connectivity index (χ0n) is 3.70. The van der Waals surface area contributed by atoms with Crippen LogP contribution in [0.15, 0.2) is 10.7 Å². The van der Waals surface area contributed by atoms with E-state index in [4.69, 9.17) is 20.3 Å². The Hall–Kier alpha value is -0.761. The molecule has 54 valence electrons. The molecule has 0 radical (unpaired) electrons.